The van der Waals surface area contributed by atoms with Crippen molar-refractivity contribution in [2.24, 2.45) is 0 Å². The van der Waals surface area contributed by atoms with Gasteiger partial charge in [0.2, 0.25) is 0 Å². The van der Waals surface area contributed by atoms with Gasteiger partial charge in [-0.15, -0.1) is 0 Å². The second-order valence-electron chi connectivity index (χ2n) is 24.4. The summed E-state index contributed by atoms with van der Waals surface area (Å²) in [6.07, 6.45) is 109. The number of likely N-dealkylation sites (N-methyl/N-ethyl adjacent to an activating group) is 1. The quantitative estimate of drug-likeness (QED) is 0.0211. The van der Waals surface area contributed by atoms with Crippen LogP contribution in [0.2, 0.25) is 0 Å². The molecule has 0 fully saturated rings. The number of hydrogen-bond acceptors (Lipinski definition) is 7. The standard InChI is InChI=1S/C84H131NO8/c1-6-8-10-12-14-16-18-20-22-24-26-28-30-32-34-35-36-37-38-39-40-41-42-43-44-45-46-47-49-51-53-55-57-59-61-63-65-67-69-71-73-75-82(87)93-80(79-92-84(83(88)89)90-77-76-85(3,4)5)78-91-81(86)74-72-70-68-66-64-62-60-58-56-54-52-50-48-33-31-29-27-25-23-21-19-17-15-13-11-9-7-2/h8-11,14-17,20-23,26-29,32-34,36-37,39-40,42-43,45-46,48-49,51,55,57,61,63,80,84H,6-7,12-13,18-19,24-25,30-31,35,38,41,44,47,50,52-54,56,58-60,62,64-79H2,1-5H3/p+1/b10-8-,11-9-,16-14-,17-15-,22-20-,23-21-,28-26-,29-27-,34-32-,37-36-,40-39-,43-42-,46-45-,48-33-,51-49-,57-55-,63-61-. The van der Waals surface area contributed by atoms with Crippen molar-refractivity contribution < 1.29 is 42.9 Å². The molecule has 0 spiro atoms. The predicted molar refractivity (Wildman–Crippen MR) is 400 cm³/mol. The Kier molecular flexibility index (Phi) is 67.0. The molecule has 0 aliphatic rings. The van der Waals surface area contributed by atoms with E-state index in [0.29, 0.717) is 17.4 Å². The highest BCUT2D eigenvalue weighted by Crippen LogP contribution is 2.15. The van der Waals surface area contributed by atoms with Crippen molar-refractivity contribution in [2.75, 3.05) is 47.5 Å². The monoisotopic (exact) mass is 1280 g/mol. The van der Waals surface area contributed by atoms with Gasteiger partial charge in [-0.2, -0.15) is 0 Å². The van der Waals surface area contributed by atoms with Crippen LogP contribution in [0.15, 0.2) is 207 Å². The molecular formula is C84H132NO8+. The van der Waals surface area contributed by atoms with Crippen molar-refractivity contribution in [3.05, 3.63) is 207 Å². The van der Waals surface area contributed by atoms with E-state index < -0.39 is 24.3 Å². The van der Waals surface area contributed by atoms with Gasteiger partial charge in [-0.3, -0.25) is 9.59 Å². The van der Waals surface area contributed by atoms with E-state index in [-0.39, 0.29) is 38.6 Å². The molecule has 0 saturated heterocycles. The van der Waals surface area contributed by atoms with Gasteiger partial charge in [0, 0.05) is 12.8 Å². The zero-order valence-corrected chi connectivity index (χ0v) is 59.3. The van der Waals surface area contributed by atoms with Crippen LogP contribution in [0.25, 0.3) is 0 Å². The average molecular weight is 1280 g/mol. The minimum atomic E-state index is -1.53. The number of ether oxygens (including phenoxy) is 4. The molecule has 2 atom stereocenters. The molecule has 0 radical (unpaired) electrons. The first-order valence-electron chi connectivity index (χ1n) is 36.2. The summed E-state index contributed by atoms with van der Waals surface area (Å²) in [5.74, 6) is -2.07. The van der Waals surface area contributed by atoms with Crippen LogP contribution in [-0.4, -0.2) is 87.4 Å². The summed E-state index contributed by atoms with van der Waals surface area (Å²) in [5, 5.41) is 9.75. The van der Waals surface area contributed by atoms with Crippen molar-refractivity contribution in [3.8, 4) is 0 Å². The van der Waals surface area contributed by atoms with Crippen LogP contribution in [0.1, 0.15) is 245 Å². The van der Waals surface area contributed by atoms with E-state index in [0.717, 1.165) is 167 Å². The van der Waals surface area contributed by atoms with E-state index in [9.17, 15) is 19.5 Å². The van der Waals surface area contributed by atoms with Crippen LogP contribution >= 0.6 is 0 Å². The summed E-state index contributed by atoms with van der Waals surface area (Å²) in [5.41, 5.74) is 0. The van der Waals surface area contributed by atoms with E-state index in [1.165, 1.54) is 44.9 Å². The molecule has 520 valence electrons. The molecule has 9 heteroatoms. The summed E-state index contributed by atoms with van der Waals surface area (Å²) < 4.78 is 22.9. The van der Waals surface area contributed by atoms with E-state index in [1.807, 2.05) is 21.1 Å². The maximum absolute atomic E-state index is 12.9. The molecule has 1 N–H and O–H groups in total. The number of esters is 2. The van der Waals surface area contributed by atoms with Gasteiger partial charge in [-0.25, -0.2) is 4.79 Å². The second-order valence-corrected chi connectivity index (χ2v) is 24.4. The van der Waals surface area contributed by atoms with Gasteiger partial charge in [0.25, 0.3) is 6.29 Å². The van der Waals surface area contributed by atoms with Crippen LogP contribution in [0.4, 0.5) is 0 Å². The number of hydrogen-bond donors (Lipinski definition) is 1. The molecule has 0 saturated carbocycles. The number of carbonyl (C=O) groups excluding carboxylic acids is 2. The lowest BCUT2D eigenvalue weighted by molar-refractivity contribution is -0.870. The number of allylic oxidation sites excluding steroid dienone is 34. The summed E-state index contributed by atoms with van der Waals surface area (Å²) in [7, 11) is 5.95. The number of rotatable bonds is 64. The number of carbonyl (C=O) groups is 3. The van der Waals surface area contributed by atoms with Crippen LogP contribution in [-0.2, 0) is 33.3 Å². The number of quaternary nitrogens is 1. The largest absolute Gasteiger partial charge is 0.477 e. The molecular weight excluding hydrogens is 1150 g/mol. The number of carboxylic acids is 1. The first-order valence-corrected chi connectivity index (χ1v) is 36.2. The lowest BCUT2D eigenvalue weighted by atomic mass is 10.0. The van der Waals surface area contributed by atoms with Gasteiger partial charge in [0.15, 0.2) is 6.10 Å². The van der Waals surface area contributed by atoms with Gasteiger partial charge in [-0.1, -0.05) is 291 Å². The second kappa shape index (κ2) is 71.7. The minimum absolute atomic E-state index is 0.171. The predicted octanol–water partition coefficient (Wildman–Crippen LogP) is 23.1. The first-order chi connectivity index (χ1) is 45.6. The highest BCUT2D eigenvalue weighted by molar-refractivity contribution is 5.71. The maximum atomic E-state index is 12.9. The van der Waals surface area contributed by atoms with Crippen molar-refractivity contribution in [2.45, 2.75) is 257 Å². The summed E-state index contributed by atoms with van der Waals surface area (Å²) in [6.45, 7) is 4.59. The van der Waals surface area contributed by atoms with Crippen molar-refractivity contribution in [3.63, 3.8) is 0 Å². The van der Waals surface area contributed by atoms with Crippen LogP contribution in [0, 0.1) is 0 Å². The van der Waals surface area contributed by atoms with E-state index in [4.69, 9.17) is 18.9 Å². The van der Waals surface area contributed by atoms with Gasteiger partial charge in [0.05, 0.1) is 34.4 Å². The molecule has 0 aromatic carbocycles. The van der Waals surface area contributed by atoms with Gasteiger partial charge in [0.1, 0.15) is 13.2 Å². The van der Waals surface area contributed by atoms with E-state index in [1.54, 1.807) is 0 Å². The molecule has 0 aromatic rings. The molecule has 0 amide bonds. The number of unbranched alkanes of at least 4 members (excludes halogenated alkanes) is 15. The third-order valence-electron chi connectivity index (χ3n) is 14.5. The summed E-state index contributed by atoms with van der Waals surface area (Å²) >= 11 is 0. The topological polar surface area (TPSA) is 108 Å². The molecule has 0 rings (SSSR count). The molecule has 0 aromatic heterocycles. The first kappa shape index (κ1) is 86.9. The van der Waals surface area contributed by atoms with Gasteiger partial charge >= 0.3 is 17.9 Å². The normalized spacial score (nSPS) is 13.9. The zero-order chi connectivity index (χ0) is 67.5. The highest BCUT2D eigenvalue weighted by Gasteiger charge is 2.25. The lowest BCUT2D eigenvalue weighted by Crippen LogP contribution is -2.40. The summed E-state index contributed by atoms with van der Waals surface area (Å²) in [6, 6.07) is 0. The van der Waals surface area contributed by atoms with Crippen LogP contribution in [0.3, 0.4) is 0 Å². The molecule has 0 aliphatic carbocycles. The highest BCUT2D eigenvalue weighted by atomic mass is 16.7. The SMILES string of the molecule is CC/C=C\C/C=C\C/C=C\C/C=C\C/C=C\C/C=C\C/C=C\C/C=C\C/C=C\C/C=C\C/C=C\C/C=C\CCCCCCC(=O)OC(COC(=O)CCCCCCCCCCCCC/C=C\C/C=C\C/C=C\C/C=C\C/C=C\CC)COC(OCC[N+](C)(C)C)C(=O)O. The Morgan fingerprint density at radius 1 is 0.323 bits per heavy atom. The third kappa shape index (κ3) is 73.1. The molecule has 0 aliphatic heterocycles. The minimum Gasteiger partial charge on any atom is -0.477 e. The third-order valence-corrected chi connectivity index (χ3v) is 14.5. The molecule has 93 heavy (non-hydrogen) atoms. The van der Waals surface area contributed by atoms with Crippen molar-refractivity contribution in [1.82, 2.24) is 0 Å². The number of nitrogens with zero attached hydrogens (tertiary/aromatic N) is 1. The van der Waals surface area contributed by atoms with Crippen molar-refractivity contribution in [1.29, 1.82) is 0 Å². The average Bonchev–Trinajstić information content (AvgIpc) is 3.38. The number of carboxylic acid groups (broad SMARTS) is 1. The number of aliphatic carboxylic acids is 1. The smallest absolute Gasteiger partial charge is 0.361 e. The lowest BCUT2D eigenvalue weighted by Gasteiger charge is -2.25. The maximum Gasteiger partial charge on any atom is 0.361 e. The van der Waals surface area contributed by atoms with E-state index in [2.05, 4.69) is 220 Å². The van der Waals surface area contributed by atoms with Gasteiger partial charge in [-0.05, 0) is 148 Å². The Bertz CT molecular complexity index is 2280. The van der Waals surface area contributed by atoms with E-state index >= 15 is 0 Å². The Balaban J connectivity index is 4.25. The molecule has 0 bridgehead atoms. The molecule has 0 heterocycles. The fraction of sp³-hybridized carbons (Fsp3) is 0.560. The van der Waals surface area contributed by atoms with Crippen LogP contribution < -0.4 is 0 Å². The Labute approximate surface area is 569 Å². The van der Waals surface area contributed by atoms with Crippen LogP contribution in [0.5, 0.6) is 0 Å². The molecule has 9 nitrogen and oxygen atoms in total. The fourth-order valence-corrected chi connectivity index (χ4v) is 9.08. The van der Waals surface area contributed by atoms with Gasteiger partial charge < -0.3 is 28.5 Å². The molecule has 2 unspecified atom stereocenters. The summed E-state index contributed by atoms with van der Waals surface area (Å²) in [4.78, 5) is 37.6. The Morgan fingerprint density at radius 2 is 0.581 bits per heavy atom. The zero-order valence-electron chi connectivity index (χ0n) is 59.3. The Hall–Kier alpha value is -6.13. The fourth-order valence-electron chi connectivity index (χ4n) is 9.08. The van der Waals surface area contributed by atoms with Crippen molar-refractivity contribution >= 4 is 17.9 Å². The Morgan fingerprint density at radius 3 is 0.860 bits per heavy atom.